The van der Waals surface area contributed by atoms with Gasteiger partial charge in [-0.3, -0.25) is 4.79 Å². The van der Waals surface area contributed by atoms with Gasteiger partial charge in [-0.25, -0.2) is 0 Å². The number of carbonyl (C=O) groups is 1. The fourth-order valence-electron chi connectivity index (χ4n) is 1.86. The van der Waals surface area contributed by atoms with E-state index in [1.165, 1.54) is 11.1 Å². The SMILES string of the molecule is CCC=C=C(CCC)c1ccc(C=O)cc1C. The van der Waals surface area contributed by atoms with E-state index >= 15 is 0 Å². The van der Waals surface area contributed by atoms with Crippen LogP contribution in [0.15, 0.2) is 30.0 Å². The van der Waals surface area contributed by atoms with Gasteiger partial charge in [0.25, 0.3) is 0 Å². The lowest BCUT2D eigenvalue weighted by molar-refractivity contribution is 0.112. The molecule has 0 heterocycles. The van der Waals surface area contributed by atoms with Crippen LogP contribution in [0.3, 0.4) is 0 Å². The summed E-state index contributed by atoms with van der Waals surface area (Å²) in [5, 5.41) is 0. The fourth-order valence-corrected chi connectivity index (χ4v) is 1.86. The van der Waals surface area contributed by atoms with Crippen LogP contribution in [0.4, 0.5) is 0 Å². The van der Waals surface area contributed by atoms with E-state index in [0.29, 0.717) is 0 Å². The van der Waals surface area contributed by atoms with Crippen LogP contribution < -0.4 is 0 Å². The minimum absolute atomic E-state index is 0.738. The molecule has 0 atom stereocenters. The van der Waals surface area contributed by atoms with Gasteiger partial charge in [0.15, 0.2) is 0 Å². The number of carbonyl (C=O) groups excluding carboxylic acids is 1. The molecule has 0 unspecified atom stereocenters. The largest absolute Gasteiger partial charge is 0.298 e. The summed E-state index contributed by atoms with van der Waals surface area (Å²) >= 11 is 0. The smallest absolute Gasteiger partial charge is 0.150 e. The molecule has 0 aliphatic rings. The topological polar surface area (TPSA) is 17.1 Å². The van der Waals surface area contributed by atoms with Crippen LogP contribution in [0.1, 0.15) is 54.6 Å². The molecule has 17 heavy (non-hydrogen) atoms. The molecule has 0 aliphatic carbocycles. The third kappa shape index (κ3) is 3.72. The van der Waals surface area contributed by atoms with E-state index in [1.54, 1.807) is 0 Å². The third-order valence-corrected chi connectivity index (χ3v) is 2.69. The highest BCUT2D eigenvalue weighted by atomic mass is 16.1. The van der Waals surface area contributed by atoms with Gasteiger partial charge in [0.2, 0.25) is 0 Å². The molecule has 1 rings (SSSR count). The summed E-state index contributed by atoms with van der Waals surface area (Å²) in [6.45, 7) is 6.33. The first-order chi connectivity index (χ1) is 8.22. The summed E-state index contributed by atoms with van der Waals surface area (Å²) in [6.07, 6.45) is 6.09. The van der Waals surface area contributed by atoms with Crippen molar-refractivity contribution in [1.82, 2.24) is 0 Å². The molecule has 1 aromatic carbocycles. The molecule has 1 aromatic rings. The van der Waals surface area contributed by atoms with Crippen molar-refractivity contribution >= 4 is 11.9 Å². The molecular formula is C16H20O. The minimum Gasteiger partial charge on any atom is -0.298 e. The molecular weight excluding hydrogens is 208 g/mol. The number of hydrogen-bond donors (Lipinski definition) is 0. The quantitative estimate of drug-likeness (QED) is 0.533. The molecule has 1 nitrogen and oxygen atoms in total. The lowest BCUT2D eigenvalue weighted by Crippen LogP contribution is -1.91. The number of aryl methyl sites for hydroxylation is 1. The summed E-state index contributed by atoms with van der Waals surface area (Å²) < 4.78 is 0. The molecule has 0 aliphatic heterocycles. The summed E-state index contributed by atoms with van der Waals surface area (Å²) in [6, 6.07) is 5.84. The molecule has 0 saturated heterocycles. The van der Waals surface area contributed by atoms with Crippen molar-refractivity contribution < 1.29 is 4.79 Å². The number of hydrogen-bond acceptors (Lipinski definition) is 1. The molecule has 0 saturated carbocycles. The van der Waals surface area contributed by atoms with Gasteiger partial charge < -0.3 is 0 Å². The highest BCUT2D eigenvalue weighted by Gasteiger charge is 2.04. The Labute approximate surface area is 104 Å². The number of benzene rings is 1. The van der Waals surface area contributed by atoms with Crippen LogP contribution in [0, 0.1) is 6.92 Å². The molecule has 0 spiro atoms. The zero-order valence-corrected chi connectivity index (χ0v) is 10.9. The van der Waals surface area contributed by atoms with Crippen molar-refractivity contribution in [3.63, 3.8) is 0 Å². The molecule has 0 fully saturated rings. The summed E-state index contributed by atoms with van der Waals surface area (Å²) in [4.78, 5) is 10.7. The maximum absolute atomic E-state index is 10.7. The maximum Gasteiger partial charge on any atom is 0.150 e. The van der Waals surface area contributed by atoms with E-state index in [9.17, 15) is 4.79 Å². The number of aldehydes is 1. The minimum atomic E-state index is 0.738. The van der Waals surface area contributed by atoms with E-state index in [1.807, 2.05) is 25.1 Å². The van der Waals surface area contributed by atoms with Crippen molar-refractivity contribution in [3.05, 3.63) is 46.7 Å². The second kappa shape index (κ2) is 6.88. The fraction of sp³-hybridized carbons (Fsp3) is 0.375. The molecule has 1 heteroatoms. The molecule has 90 valence electrons. The predicted octanol–water partition coefficient (Wildman–Crippen LogP) is 4.56. The van der Waals surface area contributed by atoms with Crippen LogP contribution in [-0.2, 0) is 0 Å². The highest BCUT2D eigenvalue weighted by Crippen LogP contribution is 2.23. The first-order valence-corrected chi connectivity index (χ1v) is 6.23. The van der Waals surface area contributed by atoms with Gasteiger partial charge in [-0.1, -0.05) is 32.4 Å². The van der Waals surface area contributed by atoms with Crippen molar-refractivity contribution in [2.75, 3.05) is 0 Å². The second-order valence-corrected chi connectivity index (χ2v) is 4.18. The molecule has 0 aromatic heterocycles. The second-order valence-electron chi connectivity index (χ2n) is 4.18. The van der Waals surface area contributed by atoms with Crippen LogP contribution in [-0.4, -0.2) is 6.29 Å². The van der Waals surface area contributed by atoms with Gasteiger partial charge >= 0.3 is 0 Å². The average molecular weight is 228 g/mol. The van der Waals surface area contributed by atoms with Crippen molar-refractivity contribution in [3.8, 4) is 0 Å². The highest BCUT2D eigenvalue weighted by molar-refractivity contribution is 5.78. The number of allylic oxidation sites excluding steroid dienone is 1. The van der Waals surface area contributed by atoms with E-state index in [0.717, 1.165) is 36.7 Å². The summed E-state index contributed by atoms with van der Waals surface area (Å²) in [5.74, 6) is 0. The summed E-state index contributed by atoms with van der Waals surface area (Å²) in [5.41, 5.74) is 7.70. The van der Waals surface area contributed by atoms with Crippen molar-refractivity contribution in [2.24, 2.45) is 0 Å². The average Bonchev–Trinajstić information content (AvgIpc) is 2.34. The van der Waals surface area contributed by atoms with E-state index < -0.39 is 0 Å². The maximum atomic E-state index is 10.7. The lowest BCUT2D eigenvalue weighted by atomic mass is 9.96. The van der Waals surface area contributed by atoms with Crippen LogP contribution in [0.5, 0.6) is 0 Å². The van der Waals surface area contributed by atoms with Gasteiger partial charge in [-0.2, -0.15) is 0 Å². The monoisotopic (exact) mass is 228 g/mol. The Bertz CT molecular complexity index is 449. The first-order valence-electron chi connectivity index (χ1n) is 6.23. The van der Waals surface area contributed by atoms with E-state index in [2.05, 4.69) is 25.7 Å². The standard InChI is InChI=1S/C16H20O/c1-4-6-8-15(7-5-2)16-10-9-14(12-17)11-13(16)3/h6,9-12H,4-5,7H2,1-3H3. The Balaban J connectivity index is 3.19. The Morgan fingerprint density at radius 2 is 2.12 bits per heavy atom. The van der Waals surface area contributed by atoms with Crippen LogP contribution in [0.2, 0.25) is 0 Å². The lowest BCUT2D eigenvalue weighted by Gasteiger charge is -2.08. The van der Waals surface area contributed by atoms with Gasteiger partial charge in [-0.05, 0) is 43.0 Å². The van der Waals surface area contributed by atoms with Gasteiger partial charge in [0.1, 0.15) is 6.29 Å². The predicted molar refractivity (Wildman–Crippen MR) is 73.3 cm³/mol. The van der Waals surface area contributed by atoms with E-state index in [-0.39, 0.29) is 0 Å². The Morgan fingerprint density at radius 1 is 1.35 bits per heavy atom. The Kier molecular flexibility index (Phi) is 5.45. The molecule has 0 N–H and O–H groups in total. The van der Waals surface area contributed by atoms with Gasteiger partial charge in [0, 0.05) is 11.1 Å². The van der Waals surface area contributed by atoms with Crippen molar-refractivity contribution in [2.45, 2.75) is 40.0 Å². The van der Waals surface area contributed by atoms with E-state index in [4.69, 9.17) is 0 Å². The Morgan fingerprint density at radius 3 is 2.65 bits per heavy atom. The molecule has 0 amide bonds. The van der Waals surface area contributed by atoms with Gasteiger partial charge in [-0.15, -0.1) is 5.73 Å². The zero-order chi connectivity index (χ0) is 12.7. The molecule has 0 bridgehead atoms. The normalized spacial score (nSPS) is 9.59. The zero-order valence-electron chi connectivity index (χ0n) is 10.9. The molecule has 0 radical (unpaired) electrons. The first kappa shape index (κ1) is 13.5. The van der Waals surface area contributed by atoms with Crippen LogP contribution >= 0.6 is 0 Å². The Hall–Kier alpha value is -1.59. The summed E-state index contributed by atoms with van der Waals surface area (Å²) in [7, 11) is 0. The van der Waals surface area contributed by atoms with Crippen molar-refractivity contribution in [1.29, 1.82) is 0 Å². The third-order valence-electron chi connectivity index (χ3n) is 2.69. The number of rotatable bonds is 5. The van der Waals surface area contributed by atoms with Crippen LogP contribution in [0.25, 0.3) is 5.57 Å². The van der Waals surface area contributed by atoms with Gasteiger partial charge in [0.05, 0.1) is 0 Å².